The molecule has 0 radical (unpaired) electrons. The SMILES string of the molecule is Cc1nc2c(OCc3c(Cl)ccc(N(C)C(=O)CNC(=O)/C=C/c4ccccc4)c3Cl)cccc2s1. The minimum absolute atomic E-state index is 0.101. The highest BCUT2D eigenvalue weighted by Gasteiger charge is 2.19. The Balaban J connectivity index is 1.42. The van der Waals surface area contributed by atoms with Gasteiger partial charge in [0.1, 0.15) is 17.9 Å². The van der Waals surface area contributed by atoms with E-state index in [9.17, 15) is 9.59 Å². The molecule has 0 aliphatic heterocycles. The number of para-hydroxylation sites is 1. The van der Waals surface area contributed by atoms with Gasteiger partial charge in [-0.15, -0.1) is 11.3 Å². The molecule has 0 saturated carbocycles. The number of aromatic nitrogens is 1. The molecule has 2 amide bonds. The van der Waals surface area contributed by atoms with Crippen LogP contribution in [0, 0.1) is 6.92 Å². The average Bonchev–Trinajstić information content (AvgIpc) is 3.27. The van der Waals surface area contributed by atoms with Crippen molar-refractivity contribution < 1.29 is 14.3 Å². The highest BCUT2D eigenvalue weighted by molar-refractivity contribution is 7.18. The van der Waals surface area contributed by atoms with Gasteiger partial charge in [0.05, 0.1) is 27.0 Å². The van der Waals surface area contributed by atoms with Crippen LogP contribution in [0.2, 0.25) is 10.0 Å². The standard InChI is InChI=1S/C27H23Cl2N3O3S/c1-17-31-27-22(9-6-10-23(27)36-17)35-16-19-20(28)12-13-21(26(19)29)32(2)25(34)15-30-24(33)14-11-18-7-4-3-5-8-18/h3-14H,15-16H2,1-2H3,(H,30,33)/b14-11+. The number of hydrogen-bond acceptors (Lipinski definition) is 5. The number of nitrogens with one attached hydrogen (secondary N) is 1. The van der Waals surface area contributed by atoms with E-state index >= 15 is 0 Å². The van der Waals surface area contributed by atoms with Crippen molar-refractivity contribution in [2.75, 3.05) is 18.5 Å². The second-order valence-corrected chi connectivity index (χ2v) is 9.92. The Morgan fingerprint density at radius 2 is 1.86 bits per heavy atom. The molecule has 9 heteroatoms. The third-order valence-electron chi connectivity index (χ3n) is 5.40. The Morgan fingerprint density at radius 1 is 1.08 bits per heavy atom. The maximum atomic E-state index is 12.8. The molecule has 1 heterocycles. The summed E-state index contributed by atoms with van der Waals surface area (Å²) in [5.41, 5.74) is 2.68. The number of likely N-dealkylation sites (N-methyl/N-ethyl adjacent to an activating group) is 1. The molecule has 4 aromatic rings. The number of benzene rings is 3. The highest BCUT2D eigenvalue weighted by Crippen LogP contribution is 2.36. The molecule has 0 aliphatic rings. The number of hydrogen-bond donors (Lipinski definition) is 1. The van der Waals surface area contributed by atoms with Gasteiger partial charge in [0.25, 0.3) is 0 Å². The lowest BCUT2D eigenvalue weighted by Gasteiger charge is -2.21. The van der Waals surface area contributed by atoms with Gasteiger partial charge in [-0.2, -0.15) is 0 Å². The molecule has 0 bridgehead atoms. The summed E-state index contributed by atoms with van der Waals surface area (Å²) in [4.78, 5) is 30.8. The van der Waals surface area contributed by atoms with Crippen molar-refractivity contribution in [2.45, 2.75) is 13.5 Å². The first kappa shape index (κ1) is 25.7. The van der Waals surface area contributed by atoms with Crippen LogP contribution in [0.4, 0.5) is 5.69 Å². The maximum absolute atomic E-state index is 12.8. The predicted molar refractivity (Wildman–Crippen MR) is 147 cm³/mol. The van der Waals surface area contributed by atoms with Crippen LogP contribution in [-0.2, 0) is 16.2 Å². The van der Waals surface area contributed by atoms with Crippen molar-refractivity contribution in [1.29, 1.82) is 0 Å². The minimum Gasteiger partial charge on any atom is -0.486 e. The Kier molecular flexibility index (Phi) is 8.25. The second kappa shape index (κ2) is 11.6. The highest BCUT2D eigenvalue weighted by atomic mass is 35.5. The fourth-order valence-electron chi connectivity index (χ4n) is 3.49. The zero-order valence-corrected chi connectivity index (χ0v) is 22.0. The monoisotopic (exact) mass is 539 g/mol. The maximum Gasteiger partial charge on any atom is 0.246 e. The topological polar surface area (TPSA) is 71.5 Å². The lowest BCUT2D eigenvalue weighted by atomic mass is 10.2. The second-order valence-electron chi connectivity index (χ2n) is 7.90. The molecule has 1 N–H and O–H groups in total. The predicted octanol–water partition coefficient (Wildman–Crippen LogP) is 6.28. The summed E-state index contributed by atoms with van der Waals surface area (Å²) in [6.45, 7) is 1.86. The number of aryl methyl sites for hydroxylation is 1. The Labute approximate surface area is 223 Å². The van der Waals surface area contributed by atoms with Gasteiger partial charge >= 0.3 is 0 Å². The first-order chi connectivity index (χ1) is 17.3. The number of halogens is 2. The van der Waals surface area contributed by atoms with Gasteiger partial charge in [-0.05, 0) is 42.8 Å². The number of anilines is 1. The normalized spacial score (nSPS) is 11.1. The fourth-order valence-corrected chi connectivity index (χ4v) is 4.94. The number of nitrogens with zero attached hydrogens (tertiary/aromatic N) is 2. The lowest BCUT2D eigenvalue weighted by Crippen LogP contribution is -2.37. The van der Waals surface area contributed by atoms with Gasteiger partial charge < -0.3 is 15.0 Å². The Bertz CT molecular complexity index is 1440. The number of carbonyl (C=O) groups excluding carboxylic acids is 2. The van der Waals surface area contributed by atoms with E-state index in [4.69, 9.17) is 27.9 Å². The van der Waals surface area contributed by atoms with Gasteiger partial charge in [-0.3, -0.25) is 9.59 Å². The van der Waals surface area contributed by atoms with E-state index in [1.54, 1.807) is 36.6 Å². The largest absolute Gasteiger partial charge is 0.486 e. The van der Waals surface area contributed by atoms with E-state index in [0.717, 1.165) is 20.8 Å². The number of ether oxygens (including phenoxy) is 1. The molecule has 1 aromatic heterocycles. The molecular weight excluding hydrogens is 517 g/mol. The lowest BCUT2D eigenvalue weighted by molar-refractivity contribution is -0.122. The average molecular weight is 540 g/mol. The smallest absolute Gasteiger partial charge is 0.246 e. The van der Waals surface area contributed by atoms with Crippen LogP contribution < -0.4 is 15.0 Å². The molecule has 36 heavy (non-hydrogen) atoms. The number of rotatable bonds is 8. The molecule has 6 nitrogen and oxygen atoms in total. The van der Waals surface area contributed by atoms with Crippen molar-refractivity contribution in [3.63, 3.8) is 0 Å². The summed E-state index contributed by atoms with van der Waals surface area (Å²) in [5, 5.41) is 4.27. The van der Waals surface area contributed by atoms with E-state index in [0.29, 0.717) is 27.0 Å². The summed E-state index contributed by atoms with van der Waals surface area (Å²) in [5.74, 6) is -0.0799. The summed E-state index contributed by atoms with van der Waals surface area (Å²) >= 11 is 14.7. The van der Waals surface area contributed by atoms with Gasteiger partial charge in [0.2, 0.25) is 11.8 Å². The van der Waals surface area contributed by atoms with Gasteiger partial charge in [-0.25, -0.2) is 4.98 Å². The van der Waals surface area contributed by atoms with Crippen molar-refractivity contribution in [1.82, 2.24) is 10.3 Å². The number of fused-ring (bicyclic) bond motifs is 1. The van der Waals surface area contributed by atoms with Crippen LogP contribution in [0.15, 0.2) is 66.7 Å². The van der Waals surface area contributed by atoms with Crippen molar-refractivity contribution in [3.8, 4) is 5.75 Å². The number of carbonyl (C=O) groups is 2. The van der Waals surface area contributed by atoms with Crippen molar-refractivity contribution in [2.24, 2.45) is 0 Å². The Morgan fingerprint density at radius 3 is 2.64 bits per heavy atom. The first-order valence-corrected chi connectivity index (χ1v) is 12.6. The molecule has 0 spiro atoms. The quantitative estimate of drug-likeness (QED) is 0.267. The van der Waals surface area contributed by atoms with Crippen LogP contribution in [0.1, 0.15) is 16.1 Å². The molecule has 0 aliphatic carbocycles. The van der Waals surface area contributed by atoms with Crippen molar-refractivity contribution in [3.05, 3.63) is 92.9 Å². The summed E-state index contributed by atoms with van der Waals surface area (Å²) in [6, 6.07) is 18.5. The van der Waals surface area contributed by atoms with Gasteiger partial charge in [-0.1, -0.05) is 59.6 Å². The van der Waals surface area contributed by atoms with Crippen LogP contribution in [0.5, 0.6) is 5.75 Å². The zero-order chi connectivity index (χ0) is 25.7. The van der Waals surface area contributed by atoms with E-state index in [2.05, 4.69) is 10.3 Å². The third-order valence-corrected chi connectivity index (χ3v) is 7.11. The van der Waals surface area contributed by atoms with Gasteiger partial charge in [0.15, 0.2) is 0 Å². The van der Waals surface area contributed by atoms with Crippen molar-refractivity contribution >= 4 is 68.3 Å². The molecule has 0 saturated heterocycles. The number of amides is 2. The molecule has 3 aromatic carbocycles. The Hall–Kier alpha value is -3.39. The molecule has 0 atom stereocenters. The van der Waals surface area contributed by atoms with Crippen LogP contribution >= 0.6 is 34.5 Å². The zero-order valence-electron chi connectivity index (χ0n) is 19.6. The molecule has 184 valence electrons. The summed E-state index contributed by atoms with van der Waals surface area (Å²) < 4.78 is 7.05. The third kappa shape index (κ3) is 6.05. The van der Waals surface area contributed by atoms with Crippen LogP contribution in [0.25, 0.3) is 16.3 Å². The van der Waals surface area contributed by atoms with Crippen LogP contribution in [0.3, 0.4) is 0 Å². The van der Waals surface area contributed by atoms with Gasteiger partial charge in [0, 0.05) is 23.7 Å². The molecule has 0 fully saturated rings. The summed E-state index contributed by atoms with van der Waals surface area (Å²) in [7, 11) is 1.59. The first-order valence-electron chi connectivity index (χ1n) is 11.1. The fraction of sp³-hybridized carbons (Fsp3) is 0.148. The minimum atomic E-state index is -0.372. The van der Waals surface area contributed by atoms with Crippen LogP contribution in [-0.4, -0.2) is 30.4 Å². The number of thiazole rings is 1. The summed E-state index contributed by atoms with van der Waals surface area (Å²) in [6.07, 6.45) is 3.07. The van der Waals surface area contributed by atoms with E-state index in [1.165, 1.54) is 11.0 Å². The van der Waals surface area contributed by atoms with E-state index < -0.39 is 0 Å². The molecule has 4 rings (SSSR count). The molecule has 0 unspecified atom stereocenters. The van der Waals surface area contributed by atoms with E-state index in [1.807, 2.05) is 55.5 Å². The molecular formula is C27H23Cl2N3O3S. The van der Waals surface area contributed by atoms with E-state index in [-0.39, 0.29) is 25.0 Å².